The summed E-state index contributed by atoms with van der Waals surface area (Å²) in [6.45, 7) is 1.30. The van der Waals surface area contributed by atoms with Crippen LogP contribution in [0.4, 0.5) is 5.13 Å². The van der Waals surface area contributed by atoms with Crippen LogP contribution in [0.3, 0.4) is 0 Å². The average molecular weight is 318 g/mol. The summed E-state index contributed by atoms with van der Waals surface area (Å²) in [5.41, 5.74) is 0. The lowest BCUT2D eigenvalue weighted by Gasteiger charge is -2.22. The van der Waals surface area contributed by atoms with Crippen molar-refractivity contribution in [2.75, 3.05) is 11.4 Å². The van der Waals surface area contributed by atoms with Gasteiger partial charge in [0.15, 0.2) is 0 Å². The van der Waals surface area contributed by atoms with E-state index in [1.165, 1.54) is 12.8 Å². The highest BCUT2D eigenvalue weighted by Gasteiger charge is 2.34. The van der Waals surface area contributed by atoms with Gasteiger partial charge in [0, 0.05) is 12.5 Å². The lowest BCUT2D eigenvalue weighted by molar-refractivity contribution is -0.122. The Labute approximate surface area is 132 Å². The molecule has 0 unspecified atom stereocenters. The summed E-state index contributed by atoms with van der Waals surface area (Å²) >= 11 is 1.64. The van der Waals surface area contributed by atoms with Crippen molar-refractivity contribution in [2.24, 2.45) is 0 Å². The Morgan fingerprint density at radius 2 is 2.32 bits per heavy atom. The van der Waals surface area contributed by atoms with Crippen LogP contribution < -0.4 is 10.2 Å². The molecular weight excluding hydrogens is 300 g/mol. The molecule has 2 aliphatic rings. The van der Waals surface area contributed by atoms with E-state index in [-0.39, 0.29) is 11.9 Å². The summed E-state index contributed by atoms with van der Waals surface area (Å²) in [6, 6.07) is 3.54. The maximum absolute atomic E-state index is 12.4. The summed E-state index contributed by atoms with van der Waals surface area (Å²) in [4.78, 5) is 14.5. The van der Waals surface area contributed by atoms with E-state index in [1.54, 1.807) is 17.6 Å². The molecule has 1 saturated carbocycles. The number of carbonyl (C=O) groups is 1. The minimum atomic E-state index is -0.144. The van der Waals surface area contributed by atoms with Gasteiger partial charge in [-0.1, -0.05) is 11.3 Å². The number of carbonyl (C=O) groups excluding carboxylic acids is 1. The second kappa shape index (κ2) is 5.72. The quantitative estimate of drug-likeness (QED) is 0.916. The van der Waals surface area contributed by atoms with E-state index >= 15 is 0 Å². The van der Waals surface area contributed by atoms with Crippen LogP contribution in [0.25, 0.3) is 0 Å². The number of hydrogen-bond acceptors (Lipinski definition) is 6. The van der Waals surface area contributed by atoms with Crippen molar-refractivity contribution in [1.29, 1.82) is 0 Å². The topological polar surface area (TPSA) is 71.3 Å². The van der Waals surface area contributed by atoms with E-state index < -0.39 is 0 Å². The first-order valence-corrected chi connectivity index (χ1v) is 8.53. The van der Waals surface area contributed by atoms with Gasteiger partial charge in [-0.2, -0.15) is 0 Å². The molecule has 1 saturated heterocycles. The number of nitrogens with one attached hydrogen (secondary N) is 1. The number of hydrogen-bond donors (Lipinski definition) is 1. The number of aromatic nitrogens is 2. The van der Waals surface area contributed by atoms with E-state index in [4.69, 9.17) is 4.42 Å². The molecule has 2 fully saturated rings. The van der Waals surface area contributed by atoms with Gasteiger partial charge < -0.3 is 14.6 Å². The predicted molar refractivity (Wildman–Crippen MR) is 82.8 cm³/mol. The van der Waals surface area contributed by atoms with Gasteiger partial charge in [0.1, 0.15) is 16.8 Å². The monoisotopic (exact) mass is 318 g/mol. The zero-order valence-electron chi connectivity index (χ0n) is 12.2. The highest BCUT2D eigenvalue weighted by Crippen LogP contribution is 2.43. The van der Waals surface area contributed by atoms with E-state index in [9.17, 15) is 4.79 Å². The van der Waals surface area contributed by atoms with Crippen molar-refractivity contribution in [1.82, 2.24) is 15.5 Å². The highest BCUT2D eigenvalue weighted by atomic mass is 32.1. The van der Waals surface area contributed by atoms with Crippen molar-refractivity contribution in [2.45, 2.75) is 44.2 Å². The average Bonchev–Trinajstić information content (AvgIpc) is 3.02. The molecule has 0 bridgehead atoms. The second-order valence-electron chi connectivity index (χ2n) is 5.85. The van der Waals surface area contributed by atoms with Gasteiger partial charge in [0.05, 0.1) is 12.8 Å². The Kier molecular flexibility index (Phi) is 3.57. The SMILES string of the molecule is O=C(NCc1ccco1)[C@H]1CCCN1c1nnc(C2CC2)s1. The molecule has 3 heterocycles. The third-order valence-electron chi connectivity index (χ3n) is 4.17. The summed E-state index contributed by atoms with van der Waals surface area (Å²) in [5.74, 6) is 1.42. The van der Waals surface area contributed by atoms with Crippen molar-refractivity contribution < 1.29 is 9.21 Å². The molecule has 2 aromatic heterocycles. The third kappa shape index (κ3) is 2.72. The minimum Gasteiger partial charge on any atom is -0.467 e. The summed E-state index contributed by atoms with van der Waals surface area (Å²) in [7, 11) is 0. The van der Waals surface area contributed by atoms with Crippen molar-refractivity contribution in [3.63, 3.8) is 0 Å². The predicted octanol–water partition coefficient (Wildman–Crippen LogP) is 2.29. The van der Waals surface area contributed by atoms with E-state index in [1.807, 2.05) is 12.1 Å². The standard InChI is InChI=1S/C15H18N4O2S/c20-13(16-9-11-3-2-8-21-11)12-4-1-7-19(12)15-18-17-14(22-15)10-5-6-10/h2-3,8,10,12H,1,4-7,9H2,(H,16,20)/t12-/m1/s1. The molecule has 0 radical (unpaired) electrons. The molecule has 1 N–H and O–H groups in total. The Hall–Kier alpha value is -1.89. The molecule has 7 heteroatoms. The fourth-order valence-corrected chi connectivity index (χ4v) is 3.90. The van der Waals surface area contributed by atoms with Crippen LogP contribution in [-0.2, 0) is 11.3 Å². The maximum atomic E-state index is 12.4. The van der Waals surface area contributed by atoms with Crippen molar-refractivity contribution in [3.05, 3.63) is 29.2 Å². The van der Waals surface area contributed by atoms with Crippen LogP contribution in [0.15, 0.2) is 22.8 Å². The smallest absolute Gasteiger partial charge is 0.243 e. The van der Waals surface area contributed by atoms with E-state index in [2.05, 4.69) is 20.4 Å². The third-order valence-corrected chi connectivity index (χ3v) is 5.30. The molecule has 1 aliphatic carbocycles. The van der Waals surface area contributed by atoms with Crippen molar-refractivity contribution in [3.8, 4) is 0 Å². The summed E-state index contributed by atoms with van der Waals surface area (Å²) in [6.07, 6.45) is 5.94. The first-order chi connectivity index (χ1) is 10.8. The van der Waals surface area contributed by atoms with Gasteiger partial charge in [-0.25, -0.2) is 0 Å². The maximum Gasteiger partial charge on any atom is 0.243 e. The molecule has 4 rings (SSSR count). The summed E-state index contributed by atoms with van der Waals surface area (Å²) < 4.78 is 5.25. The molecule has 0 aromatic carbocycles. The van der Waals surface area contributed by atoms with Crippen molar-refractivity contribution >= 4 is 22.4 Å². The van der Waals surface area contributed by atoms with Crippen LogP contribution >= 0.6 is 11.3 Å². The number of anilines is 1. The fourth-order valence-electron chi connectivity index (χ4n) is 2.81. The zero-order chi connectivity index (χ0) is 14.9. The van der Waals surface area contributed by atoms with Gasteiger partial charge in [-0.3, -0.25) is 4.79 Å². The molecule has 22 heavy (non-hydrogen) atoms. The molecule has 6 nitrogen and oxygen atoms in total. The fraction of sp³-hybridized carbons (Fsp3) is 0.533. The largest absolute Gasteiger partial charge is 0.467 e. The molecule has 1 amide bonds. The lowest BCUT2D eigenvalue weighted by Crippen LogP contribution is -2.43. The van der Waals surface area contributed by atoms with Gasteiger partial charge in [0.25, 0.3) is 0 Å². The van der Waals surface area contributed by atoms with E-state index in [0.717, 1.165) is 35.3 Å². The Bertz CT molecular complexity index is 650. The normalized spacial score (nSPS) is 21.3. The molecule has 116 valence electrons. The lowest BCUT2D eigenvalue weighted by atomic mass is 10.2. The molecule has 0 spiro atoms. The van der Waals surface area contributed by atoms with Crippen LogP contribution in [-0.4, -0.2) is 28.7 Å². The van der Waals surface area contributed by atoms with Crippen LogP contribution in [0.5, 0.6) is 0 Å². The second-order valence-corrected chi connectivity index (χ2v) is 6.83. The van der Waals surface area contributed by atoms with Gasteiger partial charge in [-0.05, 0) is 37.8 Å². The Morgan fingerprint density at radius 3 is 3.09 bits per heavy atom. The van der Waals surface area contributed by atoms with E-state index in [0.29, 0.717) is 12.5 Å². The molecule has 2 aromatic rings. The highest BCUT2D eigenvalue weighted by molar-refractivity contribution is 7.15. The van der Waals surface area contributed by atoms with Crippen LogP contribution in [0.2, 0.25) is 0 Å². The summed E-state index contributed by atoms with van der Waals surface area (Å²) in [5, 5.41) is 13.5. The minimum absolute atomic E-state index is 0.0390. The molecule has 1 atom stereocenters. The van der Waals surface area contributed by atoms with Gasteiger partial charge >= 0.3 is 0 Å². The van der Waals surface area contributed by atoms with Crippen LogP contribution in [0.1, 0.15) is 42.4 Å². The molecular formula is C15H18N4O2S. The molecule has 1 aliphatic heterocycles. The Morgan fingerprint density at radius 1 is 1.41 bits per heavy atom. The number of furan rings is 1. The number of nitrogens with zero attached hydrogens (tertiary/aromatic N) is 3. The van der Waals surface area contributed by atoms with Gasteiger partial charge in [0.2, 0.25) is 11.0 Å². The number of rotatable bonds is 5. The first-order valence-electron chi connectivity index (χ1n) is 7.71. The number of amides is 1. The van der Waals surface area contributed by atoms with Crippen LogP contribution in [0, 0.1) is 0 Å². The first kappa shape index (κ1) is 13.8. The zero-order valence-corrected chi connectivity index (χ0v) is 13.0. The Balaban J connectivity index is 1.42. The van der Waals surface area contributed by atoms with Gasteiger partial charge in [-0.15, -0.1) is 10.2 Å².